The fourth-order valence-electron chi connectivity index (χ4n) is 3.09. The minimum absolute atomic E-state index is 0.258. The first-order chi connectivity index (χ1) is 14.0. The molecule has 0 radical (unpaired) electrons. The summed E-state index contributed by atoms with van der Waals surface area (Å²) >= 11 is 0. The molecular weight excluding hydrogens is 378 g/mol. The number of nitrogen functional groups attached to an aromatic ring is 1. The molecule has 2 aromatic heterocycles. The van der Waals surface area contributed by atoms with E-state index in [1.54, 1.807) is 24.8 Å². The van der Waals surface area contributed by atoms with Crippen molar-refractivity contribution in [1.82, 2.24) is 14.8 Å². The molecule has 0 spiro atoms. The molecule has 0 fully saturated rings. The molecule has 4 rings (SSSR count). The predicted molar refractivity (Wildman–Crippen MR) is 105 cm³/mol. The fourth-order valence-corrected chi connectivity index (χ4v) is 3.09. The first-order valence-electron chi connectivity index (χ1n) is 8.84. The second-order valence-electron chi connectivity index (χ2n) is 6.48. The van der Waals surface area contributed by atoms with E-state index in [9.17, 15) is 8.78 Å². The van der Waals surface area contributed by atoms with Crippen molar-refractivity contribution in [2.75, 3.05) is 12.8 Å². The van der Waals surface area contributed by atoms with Crippen LogP contribution in [0.3, 0.4) is 0 Å². The van der Waals surface area contributed by atoms with E-state index < -0.39 is 11.6 Å². The average molecular weight is 396 g/mol. The van der Waals surface area contributed by atoms with Gasteiger partial charge < -0.3 is 15.2 Å². The van der Waals surface area contributed by atoms with Gasteiger partial charge in [0.15, 0.2) is 17.2 Å². The lowest BCUT2D eigenvalue weighted by Crippen LogP contribution is -2.03. The lowest BCUT2D eigenvalue weighted by molar-refractivity contribution is 0.414. The first-order valence-corrected chi connectivity index (χ1v) is 8.84. The van der Waals surface area contributed by atoms with E-state index >= 15 is 0 Å². The van der Waals surface area contributed by atoms with Gasteiger partial charge in [-0.1, -0.05) is 12.1 Å². The summed E-state index contributed by atoms with van der Waals surface area (Å²) in [5, 5.41) is 5.16. The number of aryl methyl sites for hydroxylation is 1. The molecule has 8 heteroatoms. The van der Waals surface area contributed by atoms with Gasteiger partial charge in [-0.05, 0) is 42.8 Å². The Morgan fingerprint density at radius 3 is 2.48 bits per heavy atom. The van der Waals surface area contributed by atoms with Gasteiger partial charge in [0, 0.05) is 6.20 Å². The predicted octanol–water partition coefficient (Wildman–Crippen LogP) is 4.45. The number of ether oxygens (including phenoxy) is 2. The summed E-state index contributed by atoms with van der Waals surface area (Å²) in [6.07, 6.45) is 1.54. The molecule has 0 bridgehead atoms. The van der Waals surface area contributed by atoms with E-state index in [0.717, 1.165) is 11.3 Å². The maximum absolute atomic E-state index is 14.2. The zero-order valence-corrected chi connectivity index (χ0v) is 15.8. The third kappa shape index (κ3) is 3.44. The summed E-state index contributed by atoms with van der Waals surface area (Å²) in [4.78, 5) is 4.40. The highest BCUT2D eigenvalue weighted by molar-refractivity contribution is 5.85. The van der Waals surface area contributed by atoms with E-state index in [1.165, 1.54) is 18.3 Å². The summed E-state index contributed by atoms with van der Waals surface area (Å²) < 4.78 is 40.5. The molecule has 0 atom stereocenters. The molecule has 0 saturated carbocycles. The zero-order chi connectivity index (χ0) is 20.5. The minimum atomic E-state index is -1.14. The van der Waals surface area contributed by atoms with E-state index in [1.807, 2.05) is 24.3 Å². The molecule has 0 aliphatic rings. The highest BCUT2D eigenvalue weighted by Gasteiger charge is 2.18. The molecule has 29 heavy (non-hydrogen) atoms. The molecular formula is C21H18F2N4O2. The van der Waals surface area contributed by atoms with Gasteiger partial charge in [-0.2, -0.15) is 9.49 Å². The van der Waals surface area contributed by atoms with Crippen LogP contribution in [0.2, 0.25) is 0 Å². The van der Waals surface area contributed by atoms with Gasteiger partial charge in [0.05, 0.1) is 30.4 Å². The van der Waals surface area contributed by atoms with Crippen LogP contribution in [-0.2, 0) is 6.54 Å². The van der Waals surface area contributed by atoms with Crippen molar-refractivity contribution in [3.05, 3.63) is 71.6 Å². The smallest absolute Gasteiger partial charge is 0.203 e. The third-order valence-electron chi connectivity index (χ3n) is 4.56. The van der Waals surface area contributed by atoms with Gasteiger partial charge in [0.1, 0.15) is 11.5 Å². The highest BCUT2D eigenvalue weighted by atomic mass is 19.2. The largest absolute Gasteiger partial charge is 0.497 e. The second-order valence-corrected chi connectivity index (χ2v) is 6.48. The zero-order valence-electron chi connectivity index (χ0n) is 15.8. The molecule has 2 aromatic carbocycles. The Hall–Kier alpha value is -3.68. The van der Waals surface area contributed by atoms with Crippen LogP contribution in [0.25, 0.3) is 11.0 Å². The van der Waals surface area contributed by atoms with Gasteiger partial charge in [0.2, 0.25) is 5.82 Å². The first kappa shape index (κ1) is 18.7. The summed E-state index contributed by atoms with van der Waals surface area (Å²) in [5.74, 6) is -1.44. The number of methoxy groups -OCH3 is 1. The molecule has 2 heterocycles. The Labute approximate surface area is 165 Å². The fraction of sp³-hybridized carbons (Fsp3) is 0.143. The van der Waals surface area contributed by atoms with Gasteiger partial charge in [-0.15, -0.1) is 0 Å². The second kappa shape index (κ2) is 7.38. The quantitative estimate of drug-likeness (QED) is 0.505. The van der Waals surface area contributed by atoms with Crippen molar-refractivity contribution in [1.29, 1.82) is 0 Å². The third-order valence-corrected chi connectivity index (χ3v) is 4.56. The average Bonchev–Trinajstić information content (AvgIpc) is 3.05. The molecule has 148 valence electrons. The number of halogens is 2. The van der Waals surface area contributed by atoms with Crippen molar-refractivity contribution in [2.24, 2.45) is 0 Å². The van der Waals surface area contributed by atoms with Crippen LogP contribution in [0.1, 0.15) is 11.3 Å². The Balaban J connectivity index is 1.71. The van der Waals surface area contributed by atoms with E-state index in [0.29, 0.717) is 29.0 Å². The molecule has 0 unspecified atom stereocenters. The number of hydrogen-bond acceptors (Lipinski definition) is 5. The number of nitrogens with zero attached hydrogens (tertiary/aromatic N) is 3. The molecule has 6 nitrogen and oxygen atoms in total. The van der Waals surface area contributed by atoms with Gasteiger partial charge in [-0.25, -0.2) is 14.1 Å². The van der Waals surface area contributed by atoms with Gasteiger partial charge >= 0.3 is 0 Å². The maximum atomic E-state index is 14.2. The van der Waals surface area contributed by atoms with E-state index in [-0.39, 0.29) is 11.4 Å². The van der Waals surface area contributed by atoms with Crippen LogP contribution in [0.15, 0.2) is 48.7 Å². The molecule has 2 N–H and O–H groups in total. The number of rotatable bonds is 5. The van der Waals surface area contributed by atoms with Crippen LogP contribution in [0, 0.1) is 18.6 Å². The highest BCUT2D eigenvalue weighted by Crippen LogP contribution is 2.34. The SMILES string of the molecule is COc1ccc(Cn2nc(C)c3c(Oc4ccc(N)c(F)c4F)ccnc32)cc1. The summed E-state index contributed by atoms with van der Waals surface area (Å²) in [5.41, 5.74) is 7.36. The standard InChI is InChI=1S/C21H18F2N4O2/c1-12-18-16(29-17-8-7-15(24)19(22)20(17)23)9-10-25-21(18)27(26-12)11-13-3-5-14(28-2)6-4-13/h3-10H,11,24H2,1-2H3. The lowest BCUT2D eigenvalue weighted by Gasteiger charge is -2.10. The summed E-state index contributed by atoms with van der Waals surface area (Å²) in [6, 6.07) is 11.7. The van der Waals surface area contributed by atoms with Crippen LogP contribution >= 0.6 is 0 Å². The van der Waals surface area contributed by atoms with Crippen LogP contribution in [-0.4, -0.2) is 21.9 Å². The Morgan fingerprint density at radius 2 is 1.76 bits per heavy atom. The Kier molecular flexibility index (Phi) is 4.75. The van der Waals surface area contributed by atoms with Crippen molar-refractivity contribution in [2.45, 2.75) is 13.5 Å². The molecule has 0 aliphatic carbocycles. The Morgan fingerprint density at radius 1 is 1.00 bits per heavy atom. The molecule has 0 amide bonds. The van der Waals surface area contributed by atoms with E-state index in [4.69, 9.17) is 15.2 Å². The number of benzene rings is 2. The van der Waals surface area contributed by atoms with Crippen molar-refractivity contribution in [3.63, 3.8) is 0 Å². The van der Waals surface area contributed by atoms with E-state index in [2.05, 4.69) is 10.1 Å². The van der Waals surface area contributed by atoms with Crippen LogP contribution < -0.4 is 15.2 Å². The number of aromatic nitrogens is 3. The molecule has 0 aliphatic heterocycles. The summed E-state index contributed by atoms with van der Waals surface area (Å²) in [6.45, 7) is 2.29. The minimum Gasteiger partial charge on any atom is -0.497 e. The monoisotopic (exact) mass is 396 g/mol. The lowest BCUT2D eigenvalue weighted by atomic mass is 10.2. The number of pyridine rings is 1. The van der Waals surface area contributed by atoms with Crippen LogP contribution in [0.4, 0.5) is 14.5 Å². The molecule has 0 saturated heterocycles. The number of anilines is 1. The van der Waals surface area contributed by atoms with Crippen molar-refractivity contribution in [3.8, 4) is 17.2 Å². The van der Waals surface area contributed by atoms with Crippen molar-refractivity contribution < 1.29 is 18.3 Å². The maximum Gasteiger partial charge on any atom is 0.203 e. The number of nitrogens with two attached hydrogens (primary N) is 1. The summed E-state index contributed by atoms with van der Waals surface area (Å²) in [7, 11) is 1.61. The van der Waals surface area contributed by atoms with Crippen molar-refractivity contribution >= 4 is 16.7 Å². The normalized spacial score (nSPS) is 11.0. The number of hydrogen-bond donors (Lipinski definition) is 1. The number of fused-ring (bicyclic) bond motifs is 1. The van der Waals surface area contributed by atoms with Gasteiger partial charge in [-0.3, -0.25) is 0 Å². The Bertz CT molecular complexity index is 1190. The van der Waals surface area contributed by atoms with Crippen LogP contribution in [0.5, 0.6) is 17.2 Å². The van der Waals surface area contributed by atoms with Gasteiger partial charge in [0.25, 0.3) is 0 Å². The molecule has 4 aromatic rings. The topological polar surface area (TPSA) is 75.2 Å².